The summed E-state index contributed by atoms with van der Waals surface area (Å²) in [6.45, 7) is 2.60. The van der Waals surface area contributed by atoms with Crippen LogP contribution in [0, 0.1) is 17.8 Å². The molecule has 5 nitrogen and oxygen atoms in total. The average Bonchev–Trinajstić information content (AvgIpc) is 2.29. The van der Waals surface area contributed by atoms with Gasteiger partial charge in [-0.2, -0.15) is 0 Å². The molecular formula is C12H21N5. The van der Waals surface area contributed by atoms with Gasteiger partial charge in [0.15, 0.2) is 0 Å². The van der Waals surface area contributed by atoms with Crippen LogP contribution in [0.4, 0.5) is 0 Å². The van der Waals surface area contributed by atoms with Crippen molar-refractivity contribution in [1.82, 2.24) is 10.3 Å². The Balaban J connectivity index is 2.70. The minimum Gasteiger partial charge on any atom is -0.368 e. The van der Waals surface area contributed by atoms with Gasteiger partial charge in [-0.1, -0.05) is 5.92 Å². The molecular weight excluding hydrogens is 214 g/mol. The van der Waals surface area contributed by atoms with Crippen LogP contribution in [-0.2, 0) is 0 Å². The van der Waals surface area contributed by atoms with Crippen LogP contribution in [0.1, 0.15) is 26.2 Å². The number of rotatable bonds is 6. The summed E-state index contributed by atoms with van der Waals surface area (Å²) >= 11 is 0. The van der Waals surface area contributed by atoms with E-state index in [1.807, 2.05) is 6.92 Å². The molecule has 1 aliphatic carbocycles. The molecule has 6 N–H and O–H groups in total. The van der Waals surface area contributed by atoms with Gasteiger partial charge >= 0.3 is 0 Å². The summed E-state index contributed by atoms with van der Waals surface area (Å²) in [4.78, 5) is 0. The molecule has 1 saturated carbocycles. The molecule has 0 saturated heterocycles. The average molecular weight is 235 g/mol. The number of terminal acetylenes is 1. The summed E-state index contributed by atoms with van der Waals surface area (Å²) in [6.07, 6.45) is 10.3. The maximum atomic E-state index is 7.75. The van der Waals surface area contributed by atoms with Gasteiger partial charge in [0, 0.05) is 18.7 Å². The number of hydrazine groups is 1. The third-order valence-corrected chi connectivity index (χ3v) is 2.91. The van der Waals surface area contributed by atoms with Crippen LogP contribution in [0.25, 0.3) is 0 Å². The smallest absolute Gasteiger partial charge is 0.118 e. The highest BCUT2D eigenvalue weighted by Crippen LogP contribution is 2.19. The summed E-state index contributed by atoms with van der Waals surface area (Å²) in [5.41, 5.74) is 5.78. The molecule has 0 aromatic rings. The van der Waals surface area contributed by atoms with E-state index in [9.17, 15) is 0 Å². The number of nitrogens with two attached hydrogens (primary N) is 2. The van der Waals surface area contributed by atoms with Crippen molar-refractivity contribution in [2.45, 2.75) is 38.3 Å². The van der Waals surface area contributed by atoms with Crippen molar-refractivity contribution in [2.75, 3.05) is 6.54 Å². The molecule has 1 atom stereocenters. The Hall–Kier alpha value is -1.51. The molecule has 17 heavy (non-hydrogen) atoms. The van der Waals surface area contributed by atoms with Gasteiger partial charge in [-0.05, 0) is 26.2 Å². The van der Waals surface area contributed by atoms with E-state index < -0.39 is 6.04 Å². The van der Waals surface area contributed by atoms with Gasteiger partial charge in [-0.25, -0.2) is 5.84 Å². The minimum absolute atomic E-state index is 0.193. The Bertz CT molecular complexity index is 337. The van der Waals surface area contributed by atoms with Gasteiger partial charge in [-0.3, -0.25) is 5.01 Å². The summed E-state index contributed by atoms with van der Waals surface area (Å²) in [5, 5.41) is 12.6. The molecule has 5 heteroatoms. The Morgan fingerprint density at radius 1 is 1.71 bits per heavy atom. The molecule has 1 fully saturated rings. The maximum Gasteiger partial charge on any atom is 0.118 e. The maximum absolute atomic E-state index is 7.75. The first-order valence-corrected chi connectivity index (χ1v) is 5.89. The molecule has 94 valence electrons. The minimum atomic E-state index is -0.682. The van der Waals surface area contributed by atoms with E-state index in [2.05, 4.69) is 11.2 Å². The second kappa shape index (κ2) is 6.28. The quantitative estimate of drug-likeness (QED) is 0.228. The van der Waals surface area contributed by atoms with Gasteiger partial charge in [0.25, 0.3) is 0 Å². The zero-order chi connectivity index (χ0) is 12.8. The fourth-order valence-electron chi connectivity index (χ4n) is 1.47. The van der Waals surface area contributed by atoms with Gasteiger partial charge < -0.3 is 16.5 Å². The highest BCUT2D eigenvalue weighted by atomic mass is 15.4. The van der Waals surface area contributed by atoms with Crippen LogP contribution < -0.4 is 16.9 Å². The Morgan fingerprint density at radius 3 is 2.76 bits per heavy atom. The fourth-order valence-corrected chi connectivity index (χ4v) is 1.47. The van der Waals surface area contributed by atoms with Crippen molar-refractivity contribution in [3.8, 4) is 12.3 Å². The topological polar surface area (TPSA) is 91.2 Å². The molecule has 0 spiro atoms. The van der Waals surface area contributed by atoms with Crippen LogP contribution >= 0.6 is 0 Å². The van der Waals surface area contributed by atoms with Gasteiger partial charge in [0.2, 0.25) is 0 Å². The Morgan fingerprint density at radius 2 is 2.35 bits per heavy atom. The molecule has 1 unspecified atom stereocenters. The van der Waals surface area contributed by atoms with Crippen molar-refractivity contribution in [2.24, 2.45) is 11.6 Å². The Kier molecular flexibility index (Phi) is 5.01. The summed E-state index contributed by atoms with van der Waals surface area (Å²) in [5.74, 6) is 8.89. The molecule has 0 heterocycles. The van der Waals surface area contributed by atoms with E-state index in [0.717, 1.165) is 12.8 Å². The molecule has 0 aromatic carbocycles. The van der Waals surface area contributed by atoms with E-state index in [-0.39, 0.29) is 5.71 Å². The second-order valence-corrected chi connectivity index (χ2v) is 4.19. The number of nitrogens with zero attached hydrogens (tertiary/aromatic N) is 1. The van der Waals surface area contributed by atoms with E-state index in [1.54, 1.807) is 11.1 Å². The first kappa shape index (κ1) is 13.6. The van der Waals surface area contributed by atoms with Gasteiger partial charge in [0.1, 0.15) is 11.9 Å². The SMILES string of the molecule is C#CC(N)C(=N)/C=C(/NC1CCC1)N(N)CC. The zero-order valence-electron chi connectivity index (χ0n) is 10.2. The van der Waals surface area contributed by atoms with Gasteiger partial charge in [-0.15, -0.1) is 6.42 Å². The van der Waals surface area contributed by atoms with E-state index in [0.29, 0.717) is 18.4 Å². The Labute approximate surface area is 103 Å². The van der Waals surface area contributed by atoms with Crippen molar-refractivity contribution >= 4 is 5.71 Å². The molecule has 0 bridgehead atoms. The third-order valence-electron chi connectivity index (χ3n) is 2.91. The second-order valence-electron chi connectivity index (χ2n) is 4.19. The predicted octanol–water partition coefficient (Wildman–Crippen LogP) is 0.146. The van der Waals surface area contributed by atoms with Crippen molar-refractivity contribution in [1.29, 1.82) is 5.41 Å². The van der Waals surface area contributed by atoms with E-state index in [1.165, 1.54) is 6.42 Å². The largest absolute Gasteiger partial charge is 0.368 e. The van der Waals surface area contributed by atoms with Crippen LogP contribution in [0.5, 0.6) is 0 Å². The lowest BCUT2D eigenvalue weighted by Crippen LogP contribution is -2.44. The van der Waals surface area contributed by atoms with Crippen LogP contribution in [0.2, 0.25) is 0 Å². The van der Waals surface area contributed by atoms with E-state index >= 15 is 0 Å². The molecule has 0 amide bonds. The number of nitrogens with one attached hydrogen (secondary N) is 2. The normalized spacial score (nSPS) is 17.9. The summed E-state index contributed by atoms with van der Waals surface area (Å²) in [7, 11) is 0. The predicted molar refractivity (Wildman–Crippen MR) is 70.0 cm³/mol. The lowest BCUT2D eigenvalue weighted by molar-refractivity contribution is 0.287. The molecule has 1 aliphatic rings. The first-order chi connectivity index (χ1) is 8.08. The van der Waals surface area contributed by atoms with E-state index in [4.69, 9.17) is 23.4 Å². The summed E-state index contributed by atoms with van der Waals surface area (Å²) in [6, 6.07) is -0.229. The monoisotopic (exact) mass is 235 g/mol. The number of hydrogen-bond donors (Lipinski definition) is 4. The first-order valence-electron chi connectivity index (χ1n) is 5.89. The van der Waals surface area contributed by atoms with Crippen LogP contribution in [0.15, 0.2) is 11.9 Å². The van der Waals surface area contributed by atoms with Crippen LogP contribution in [-0.4, -0.2) is 29.3 Å². The van der Waals surface area contributed by atoms with Crippen LogP contribution in [0.3, 0.4) is 0 Å². The third kappa shape index (κ3) is 3.77. The lowest BCUT2D eigenvalue weighted by Gasteiger charge is -2.32. The van der Waals surface area contributed by atoms with Crippen molar-refractivity contribution in [3.63, 3.8) is 0 Å². The highest BCUT2D eigenvalue weighted by molar-refractivity contribution is 5.99. The summed E-state index contributed by atoms with van der Waals surface area (Å²) < 4.78 is 0. The van der Waals surface area contributed by atoms with Gasteiger partial charge in [0.05, 0.1) is 5.71 Å². The zero-order valence-corrected chi connectivity index (χ0v) is 10.2. The molecule has 0 aliphatic heterocycles. The lowest BCUT2D eigenvalue weighted by atomic mass is 9.93. The fraction of sp³-hybridized carbons (Fsp3) is 0.583. The molecule has 1 rings (SSSR count). The molecule has 0 radical (unpaired) electrons. The molecule has 0 aromatic heterocycles. The highest BCUT2D eigenvalue weighted by Gasteiger charge is 2.19. The standard InChI is InChI=1S/C12H21N5/c1-3-10(13)11(14)8-12(17(15)4-2)16-9-6-5-7-9/h1,8-10,14,16H,4-7,13,15H2,2H3/b12-8-,14-11?. The van der Waals surface area contributed by atoms with Crippen molar-refractivity contribution in [3.05, 3.63) is 11.9 Å². The van der Waals surface area contributed by atoms with Crippen molar-refractivity contribution < 1.29 is 0 Å². The number of hydrogen-bond acceptors (Lipinski definition) is 5.